The van der Waals surface area contributed by atoms with Crippen molar-refractivity contribution in [3.05, 3.63) is 30.0 Å². The smallest absolute Gasteiger partial charge is 0.253 e. The van der Waals surface area contributed by atoms with Crippen molar-refractivity contribution < 1.29 is 9.53 Å². The molecular weight excluding hydrogens is 254 g/mol. The van der Waals surface area contributed by atoms with E-state index in [4.69, 9.17) is 4.74 Å². The van der Waals surface area contributed by atoms with Crippen molar-refractivity contribution in [2.75, 3.05) is 26.8 Å². The maximum Gasteiger partial charge on any atom is 0.253 e. The molecule has 1 aliphatic rings. The Morgan fingerprint density at radius 2 is 2.45 bits per heavy atom. The van der Waals surface area contributed by atoms with Gasteiger partial charge in [-0.25, -0.2) is 0 Å². The molecule has 5 nitrogen and oxygen atoms in total. The molecule has 2 aromatic rings. The molecule has 3 rings (SSSR count). The zero-order valence-electron chi connectivity index (χ0n) is 11.6. The third kappa shape index (κ3) is 2.67. The normalized spacial score (nSPS) is 19.1. The lowest BCUT2D eigenvalue weighted by atomic mass is 10.0. The number of hydrogen-bond acceptors (Lipinski definition) is 3. The second-order valence-corrected chi connectivity index (χ2v) is 5.44. The van der Waals surface area contributed by atoms with Gasteiger partial charge in [-0.1, -0.05) is 6.07 Å². The predicted octanol–water partition coefficient (Wildman–Crippen LogP) is 2.06. The average Bonchev–Trinajstić information content (AvgIpc) is 2.94. The monoisotopic (exact) mass is 273 g/mol. The van der Waals surface area contributed by atoms with E-state index in [0.29, 0.717) is 11.5 Å². The van der Waals surface area contributed by atoms with E-state index >= 15 is 0 Å². The second kappa shape index (κ2) is 5.63. The number of hydrogen-bond donors (Lipinski definition) is 1. The standard InChI is InChI=1S/C15H19N3O2/c1-18(9-11-3-2-6-20-10-11)15(19)12-4-5-13-8-16-17-14(13)7-12/h4-5,7-8,11H,2-3,6,9-10H2,1H3,(H,16,17). The van der Waals surface area contributed by atoms with Gasteiger partial charge in [0, 0.05) is 31.1 Å². The Labute approximate surface area is 117 Å². The SMILES string of the molecule is CN(CC1CCCOC1)C(=O)c1ccc2cn[nH]c2c1. The number of H-pyrrole nitrogens is 1. The van der Waals surface area contributed by atoms with Gasteiger partial charge in [-0.15, -0.1) is 0 Å². The van der Waals surface area contributed by atoms with Crippen LogP contribution in [0.15, 0.2) is 24.4 Å². The highest BCUT2D eigenvalue weighted by atomic mass is 16.5. The van der Waals surface area contributed by atoms with Crippen LogP contribution in [-0.4, -0.2) is 47.8 Å². The summed E-state index contributed by atoms with van der Waals surface area (Å²) >= 11 is 0. The number of benzene rings is 1. The molecule has 1 aromatic heterocycles. The van der Waals surface area contributed by atoms with Gasteiger partial charge < -0.3 is 9.64 Å². The van der Waals surface area contributed by atoms with Crippen LogP contribution in [0.2, 0.25) is 0 Å². The first-order valence-corrected chi connectivity index (χ1v) is 7.00. The molecule has 0 radical (unpaired) electrons. The van der Waals surface area contributed by atoms with E-state index < -0.39 is 0 Å². The van der Waals surface area contributed by atoms with Crippen LogP contribution in [0.3, 0.4) is 0 Å². The van der Waals surface area contributed by atoms with Crippen LogP contribution in [0.25, 0.3) is 10.9 Å². The van der Waals surface area contributed by atoms with E-state index in [-0.39, 0.29) is 5.91 Å². The van der Waals surface area contributed by atoms with Crippen molar-refractivity contribution in [2.45, 2.75) is 12.8 Å². The average molecular weight is 273 g/mol. The molecule has 0 aliphatic carbocycles. The maximum atomic E-state index is 12.4. The first-order chi connectivity index (χ1) is 9.74. The molecule has 1 unspecified atom stereocenters. The summed E-state index contributed by atoms with van der Waals surface area (Å²) in [5.41, 5.74) is 1.59. The zero-order chi connectivity index (χ0) is 13.9. The van der Waals surface area contributed by atoms with E-state index in [1.165, 1.54) is 0 Å². The number of carbonyl (C=O) groups is 1. The third-order valence-electron chi connectivity index (χ3n) is 3.82. The highest BCUT2D eigenvalue weighted by Gasteiger charge is 2.19. The van der Waals surface area contributed by atoms with Gasteiger partial charge in [-0.2, -0.15) is 5.10 Å². The molecule has 0 spiro atoms. The first kappa shape index (κ1) is 13.1. The molecule has 0 saturated carbocycles. The molecule has 1 atom stereocenters. The minimum atomic E-state index is 0.0482. The Balaban J connectivity index is 1.70. The summed E-state index contributed by atoms with van der Waals surface area (Å²) in [6, 6.07) is 5.64. The highest BCUT2D eigenvalue weighted by Crippen LogP contribution is 2.17. The molecule has 2 heterocycles. The molecule has 106 valence electrons. The van der Waals surface area contributed by atoms with Crippen LogP contribution in [0.4, 0.5) is 0 Å². The minimum absolute atomic E-state index is 0.0482. The van der Waals surface area contributed by atoms with Crippen molar-refractivity contribution in [3.63, 3.8) is 0 Å². The van der Waals surface area contributed by atoms with Crippen LogP contribution in [0.1, 0.15) is 23.2 Å². The quantitative estimate of drug-likeness (QED) is 0.931. The van der Waals surface area contributed by atoms with Gasteiger partial charge in [0.05, 0.1) is 18.3 Å². The molecule has 1 saturated heterocycles. The van der Waals surface area contributed by atoms with Crippen molar-refractivity contribution in [3.8, 4) is 0 Å². The number of carbonyl (C=O) groups excluding carboxylic acids is 1. The molecule has 1 aliphatic heterocycles. The molecule has 0 bridgehead atoms. The lowest BCUT2D eigenvalue weighted by Gasteiger charge is -2.27. The molecule has 1 fully saturated rings. The lowest BCUT2D eigenvalue weighted by molar-refractivity contribution is 0.0388. The topological polar surface area (TPSA) is 58.2 Å². The van der Waals surface area contributed by atoms with Gasteiger partial charge in [-0.3, -0.25) is 9.89 Å². The van der Waals surface area contributed by atoms with Gasteiger partial charge in [-0.05, 0) is 30.9 Å². The number of ether oxygens (including phenoxy) is 1. The lowest BCUT2D eigenvalue weighted by Crippen LogP contribution is -2.35. The van der Waals surface area contributed by atoms with Crippen molar-refractivity contribution >= 4 is 16.8 Å². The Morgan fingerprint density at radius 1 is 1.55 bits per heavy atom. The fraction of sp³-hybridized carbons (Fsp3) is 0.467. The summed E-state index contributed by atoms with van der Waals surface area (Å²) in [5, 5.41) is 7.89. The van der Waals surface area contributed by atoms with Crippen LogP contribution in [0.5, 0.6) is 0 Å². The second-order valence-electron chi connectivity index (χ2n) is 5.44. The summed E-state index contributed by atoms with van der Waals surface area (Å²) in [5.74, 6) is 0.501. The van der Waals surface area contributed by atoms with Crippen LogP contribution in [0, 0.1) is 5.92 Å². The highest BCUT2D eigenvalue weighted by molar-refractivity contribution is 5.97. The number of nitrogens with zero attached hydrogens (tertiary/aromatic N) is 2. The largest absolute Gasteiger partial charge is 0.381 e. The van der Waals surface area contributed by atoms with Crippen molar-refractivity contribution in [1.29, 1.82) is 0 Å². The summed E-state index contributed by atoms with van der Waals surface area (Å²) in [4.78, 5) is 14.2. The van der Waals surface area contributed by atoms with Gasteiger partial charge in [0.25, 0.3) is 5.91 Å². The van der Waals surface area contributed by atoms with Gasteiger partial charge >= 0.3 is 0 Å². The summed E-state index contributed by atoms with van der Waals surface area (Å²) < 4.78 is 5.46. The fourth-order valence-corrected chi connectivity index (χ4v) is 2.71. The Morgan fingerprint density at radius 3 is 3.25 bits per heavy atom. The van der Waals surface area contributed by atoms with Gasteiger partial charge in [0.15, 0.2) is 0 Å². The Hall–Kier alpha value is -1.88. The first-order valence-electron chi connectivity index (χ1n) is 7.00. The van der Waals surface area contributed by atoms with E-state index in [1.54, 1.807) is 11.1 Å². The van der Waals surface area contributed by atoms with Crippen LogP contribution < -0.4 is 0 Å². The maximum absolute atomic E-state index is 12.4. The Bertz CT molecular complexity index is 602. The molecule has 5 heteroatoms. The molecule has 1 aromatic carbocycles. The Kier molecular flexibility index (Phi) is 3.69. The van der Waals surface area contributed by atoms with Gasteiger partial charge in [0.1, 0.15) is 0 Å². The molecular formula is C15H19N3O2. The van der Waals surface area contributed by atoms with Crippen molar-refractivity contribution in [1.82, 2.24) is 15.1 Å². The summed E-state index contributed by atoms with van der Waals surface area (Å²) in [7, 11) is 1.86. The molecule has 1 amide bonds. The minimum Gasteiger partial charge on any atom is -0.381 e. The van der Waals surface area contributed by atoms with E-state index in [1.807, 2.05) is 25.2 Å². The van der Waals surface area contributed by atoms with Crippen molar-refractivity contribution in [2.24, 2.45) is 5.92 Å². The zero-order valence-corrected chi connectivity index (χ0v) is 11.6. The number of aromatic amines is 1. The summed E-state index contributed by atoms with van der Waals surface area (Å²) in [6.07, 6.45) is 3.98. The predicted molar refractivity (Wildman–Crippen MR) is 76.6 cm³/mol. The number of nitrogens with one attached hydrogen (secondary N) is 1. The van der Waals surface area contributed by atoms with Crippen LogP contribution in [-0.2, 0) is 4.74 Å². The number of rotatable bonds is 3. The van der Waals surface area contributed by atoms with Crippen LogP contribution >= 0.6 is 0 Å². The summed E-state index contributed by atoms with van der Waals surface area (Å²) in [6.45, 7) is 2.36. The molecule has 1 N–H and O–H groups in total. The third-order valence-corrected chi connectivity index (χ3v) is 3.82. The molecule has 20 heavy (non-hydrogen) atoms. The fourth-order valence-electron chi connectivity index (χ4n) is 2.71. The number of fused-ring (bicyclic) bond motifs is 1. The van der Waals surface area contributed by atoms with E-state index in [0.717, 1.165) is 43.5 Å². The number of aromatic nitrogens is 2. The van der Waals surface area contributed by atoms with E-state index in [2.05, 4.69) is 10.2 Å². The number of amides is 1. The van der Waals surface area contributed by atoms with E-state index in [9.17, 15) is 4.79 Å². The van der Waals surface area contributed by atoms with Gasteiger partial charge in [0.2, 0.25) is 0 Å².